The van der Waals surface area contributed by atoms with Gasteiger partial charge in [0.1, 0.15) is 0 Å². The predicted molar refractivity (Wildman–Crippen MR) is 99.8 cm³/mol. The third-order valence-electron chi connectivity index (χ3n) is 4.30. The highest BCUT2D eigenvalue weighted by atomic mass is 35.5. The highest BCUT2D eigenvalue weighted by Gasteiger charge is 2.31. The quantitative estimate of drug-likeness (QED) is 0.747. The van der Waals surface area contributed by atoms with Crippen LogP contribution in [0, 0.1) is 0 Å². The molecule has 3 aromatic rings. The van der Waals surface area contributed by atoms with Crippen LogP contribution in [0.1, 0.15) is 11.3 Å². The number of aromatic nitrogens is 2. The molecule has 0 fully saturated rings. The highest BCUT2D eigenvalue weighted by molar-refractivity contribution is 7.89. The van der Waals surface area contributed by atoms with E-state index in [1.807, 2.05) is 18.2 Å². The number of rotatable bonds is 3. The third kappa shape index (κ3) is 3.05. The molecule has 2 N–H and O–H groups in total. The molecule has 0 unspecified atom stereocenters. The van der Waals surface area contributed by atoms with Crippen molar-refractivity contribution in [3.05, 3.63) is 71.0 Å². The van der Waals surface area contributed by atoms with E-state index in [-0.39, 0.29) is 23.9 Å². The molecule has 0 saturated heterocycles. The fourth-order valence-corrected chi connectivity index (χ4v) is 4.52. The zero-order valence-corrected chi connectivity index (χ0v) is 15.2. The highest BCUT2D eigenvalue weighted by Crippen LogP contribution is 2.29. The predicted octanol–water partition coefficient (Wildman–Crippen LogP) is 3.08. The van der Waals surface area contributed by atoms with Gasteiger partial charge in [-0.3, -0.25) is 0 Å². The zero-order valence-electron chi connectivity index (χ0n) is 13.6. The first-order valence-corrected chi connectivity index (χ1v) is 9.72. The number of hydrogen-bond donors (Lipinski definition) is 1. The molecular formula is C18H15ClN4O2S. The number of fused-ring (bicyclic) bond motifs is 1. The van der Waals surface area contributed by atoms with Gasteiger partial charge >= 0.3 is 0 Å². The standard InChI is InChI=1S/C18H15ClN4O2S/c19-15-3-1-2-13(8-15)12-4-6-16(7-5-12)26(24,25)23-10-14-9-21-18(20)22-17(14)11-23/h1-9H,10-11H2,(H2,20,21,22). The van der Waals surface area contributed by atoms with E-state index in [9.17, 15) is 8.42 Å². The van der Waals surface area contributed by atoms with Gasteiger partial charge in [-0.1, -0.05) is 35.9 Å². The van der Waals surface area contributed by atoms with E-state index in [4.69, 9.17) is 17.3 Å². The molecule has 4 rings (SSSR count). The van der Waals surface area contributed by atoms with E-state index < -0.39 is 10.0 Å². The molecule has 0 saturated carbocycles. The number of sulfonamides is 1. The van der Waals surface area contributed by atoms with Crippen LogP contribution < -0.4 is 5.73 Å². The fourth-order valence-electron chi connectivity index (χ4n) is 2.95. The summed E-state index contributed by atoms with van der Waals surface area (Å²) in [6.07, 6.45) is 1.58. The molecule has 1 aromatic heterocycles. The van der Waals surface area contributed by atoms with E-state index >= 15 is 0 Å². The molecular weight excluding hydrogens is 372 g/mol. The van der Waals surface area contributed by atoms with Gasteiger partial charge in [-0.2, -0.15) is 4.31 Å². The van der Waals surface area contributed by atoms with Crippen LogP contribution in [0.3, 0.4) is 0 Å². The molecule has 1 aliphatic heterocycles. The van der Waals surface area contributed by atoms with Crippen LogP contribution in [-0.4, -0.2) is 22.7 Å². The summed E-state index contributed by atoms with van der Waals surface area (Å²) in [5, 5.41) is 0.634. The molecule has 0 spiro atoms. The van der Waals surface area contributed by atoms with Crippen LogP contribution >= 0.6 is 11.6 Å². The van der Waals surface area contributed by atoms with Gasteiger partial charge in [-0.25, -0.2) is 18.4 Å². The molecule has 0 atom stereocenters. The Hall–Kier alpha value is -2.48. The van der Waals surface area contributed by atoms with Gasteiger partial charge < -0.3 is 5.73 Å². The SMILES string of the molecule is Nc1ncc2c(n1)CN(S(=O)(=O)c1ccc(-c3cccc(Cl)c3)cc1)C2. The van der Waals surface area contributed by atoms with Crippen molar-refractivity contribution < 1.29 is 8.42 Å². The molecule has 2 heterocycles. The van der Waals surface area contributed by atoms with E-state index in [2.05, 4.69) is 9.97 Å². The second kappa shape index (κ2) is 6.35. The molecule has 8 heteroatoms. The van der Waals surface area contributed by atoms with E-state index in [0.717, 1.165) is 16.7 Å². The largest absolute Gasteiger partial charge is 0.368 e. The van der Waals surface area contributed by atoms with Crippen molar-refractivity contribution in [2.75, 3.05) is 5.73 Å². The number of halogens is 1. The lowest BCUT2D eigenvalue weighted by Crippen LogP contribution is -2.25. The monoisotopic (exact) mass is 386 g/mol. The summed E-state index contributed by atoms with van der Waals surface area (Å²) in [7, 11) is -3.63. The maximum Gasteiger partial charge on any atom is 0.243 e. The van der Waals surface area contributed by atoms with E-state index in [0.29, 0.717) is 10.7 Å². The van der Waals surface area contributed by atoms with Crippen LogP contribution in [-0.2, 0) is 23.1 Å². The first kappa shape index (κ1) is 17.0. The average Bonchev–Trinajstić information content (AvgIpc) is 3.06. The minimum absolute atomic E-state index is 0.147. The van der Waals surface area contributed by atoms with E-state index in [1.165, 1.54) is 4.31 Å². The second-order valence-corrected chi connectivity index (χ2v) is 8.38. The smallest absolute Gasteiger partial charge is 0.243 e. The third-order valence-corrected chi connectivity index (χ3v) is 6.34. The van der Waals surface area contributed by atoms with Crippen molar-refractivity contribution in [2.45, 2.75) is 18.0 Å². The van der Waals surface area contributed by atoms with Crippen molar-refractivity contribution in [3.8, 4) is 11.1 Å². The molecule has 26 heavy (non-hydrogen) atoms. The summed E-state index contributed by atoms with van der Waals surface area (Å²) >= 11 is 6.02. The summed E-state index contributed by atoms with van der Waals surface area (Å²) in [4.78, 5) is 8.28. The minimum Gasteiger partial charge on any atom is -0.368 e. The van der Waals surface area contributed by atoms with Gasteiger partial charge in [0.15, 0.2) is 0 Å². The van der Waals surface area contributed by atoms with Crippen molar-refractivity contribution in [2.24, 2.45) is 0 Å². The van der Waals surface area contributed by atoms with Gasteiger partial charge in [-0.15, -0.1) is 0 Å². The lowest BCUT2D eigenvalue weighted by atomic mass is 10.1. The van der Waals surface area contributed by atoms with Crippen LogP contribution in [0.25, 0.3) is 11.1 Å². The molecule has 0 amide bonds. The molecule has 132 valence electrons. The topological polar surface area (TPSA) is 89.2 Å². The molecule has 0 bridgehead atoms. The Labute approximate surface area is 156 Å². The summed E-state index contributed by atoms with van der Waals surface area (Å²) in [5.41, 5.74) is 8.83. The maximum absolute atomic E-state index is 12.9. The number of nitrogen functional groups attached to an aromatic ring is 1. The van der Waals surface area contributed by atoms with Crippen molar-refractivity contribution in [3.63, 3.8) is 0 Å². The number of nitrogens with two attached hydrogens (primary N) is 1. The first-order chi connectivity index (χ1) is 12.4. The number of anilines is 1. The van der Waals surface area contributed by atoms with Gasteiger partial charge in [0.25, 0.3) is 0 Å². The number of hydrogen-bond acceptors (Lipinski definition) is 5. The van der Waals surface area contributed by atoms with Crippen molar-refractivity contribution >= 4 is 27.6 Å². The molecule has 0 aliphatic carbocycles. The Morgan fingerprint density at radius 1 is 1.04 bits per heavy atom. The summed E-state index contributed by atoms with van der Waals surface area (Å²) in [5.74, 6) is 0.147. The van der Waals surface area contributed by atoms with Crippen LogP contribution in [0.15, 0.2) is 59.6 Å². The van der Waals surface area contributed by atoms with Gasteiger partial charge in [0.05, 0.1) is 17.1 Å². The summed E-state index contributed by atoms with van der Waals surface area (Å²) in [6.45, 7) is 0.439. The molecule has 2 aromatic carbocycles. The van der Waals surface area contributed by atoms with Crippen LogP contribution in [0.4, 0.5) is 5.95 Å². The zero-order chi connectivity index (χ0) is 18.3. The Morgan fingerprint density at radius 3 is 2.54 bits per heavy atom. The average molecular weight is 387 g/mol. The first-order valence-electron chi connectivity index (χ1n) is 7.90. The molecule has 1 aliphatic rings. The van der Waals surface area contributed by atoms with Gasteiger partial charge in [-0.05, 0) is 35.4 Å². The fraction of sp³-hybridized carbons (Fsp3) is 0.111. The molecule has 6 nitrogen and oxygen atoms in total. The van der Waals surface area contributed by atoms with Gasteiger partial charge in [0, 0.05) is 23.3 Å². The van der Waals surface area contributed by atoms with Gasteiger partial charge in [0.2, 0.25) is 16.0 Å². The molecule has 0 radical (unpaired) electrons. The normalized spacial score (nSPS) is 14.3. The van der Waals surface area contributed by atoms with E-state index in [1.54, 1.807) is 36.5 Å². The summed E-state index contributed by atoms with van der Waals surface area (Å²) < 4.78 is 27.2. The lowest BCUT2D eigenvalue weighted by Gasteiger charge is -2.15. The summed E-state index contributed by atoms with van der Waals surface area (Å²) in [6, 6.07) is 14.2. The Morgan fingerprint density at radius 2 is 1.81 bits per heavy atom. The Balaban J connectivity index is 1.61. The minimum atomic E-state index is -3.63. The maximum atomic E-state index is 12.9. The van der Waals surface area contributed by atoms with Crippen molar-refractivity contribution in [1.82, 2.24) is 14.3 Å². The van der Waals surface area contributed by atoms with Crippen molar-refractivity contribution in [1.29, 1.82) is 0 Å². The van der Waals surface area contributed by atoms with Crippen LogP contribution in [0.5, 0.6) is 0 Å². The number of nitrogens with zero attached hydrogens (tertiary/aromatic N) is 3. The van der Waals surface area contributed by atoms with Crippen LogP contribution in [0.2, 0.25) is 5.02 Å². The lowest BCUT2D eigenvalue weighted by molar-refractivity contribution is 0.430. The Bertz CT molecular complexity index is 1080. The second-order valence-electron chi connectivity index (χ2n) is 6.01. The Kier molecular flexibility index (Phi) is 4.14. The number of benzene rings is 2.